The lowest BCUT2D eigenvalue weighted by molar-refractivity contribution is -0.136. The molecule has 26 heavy (non-hydrogen) atoms. The minimum atomic E-state index is -0.888. The molecule has 1 atom stereocenters. The van der Waals surface area contributed by atoms with Crippen molar-refractivity contribution in [2.24, 2.45) is 0 Å². The number of nitrogens with zero attached hydrogens (tertiary/aromatic N) is 1. The summed E-state index contributed by atoms with van der Waals surface area (Å²) in [6.07, 6.45) is 0. The summed E-state index contributed by atoms with van der Waals surface area (Å²) in [5, 5.41) is 8.96. The van der Waals surface area contributed by atoms with E-state index in [9.17, 15) is 14.0 Å². The van der Waals surface area contributed by atoms with Crippen LogP contribution in [0.5, 0.6) is 0 Å². The monoisotopic (exact) mass is 377 g/mol. The Morgan fingerprint density at radius 3 is 2.65 bits per heavy atom. The molecule has 0 radical (unpaired) electrons. The first kappa shape index (κ1) is 18.5. The molecule has 0 unspecified atom stereocenters. The van der Waals surface area contributed by atoms with Gasteiger partial charge in [-0.3, -0.25) is 14.5 Å². The van der Waals surface area contributed by atoms with Crippen molar-refractivity contribution >= 4 is 28.8 Å². The summed E-state index contributed by atoms with van der Waals surface area (Å²) in [7, 11) is 0. The Labute approximate surface area is 155 Å². The minimum Gasteiger partial charge on any atom is -0.379 e. The Hall–Kier alpha value is -2.29. The molecule has 1 saturated heterocycles. The first-order valence-electron chi connectivity index (χ1n) is 8.33. The van der Waals surface area contributed by atoms with Crippen LogP contribution in [-0.2, 0) is 14.3 Å². The second kappa shape index (κ2) is 8.88. The Balaban J connectivity index is 1.60. The lowest BCUT2D eigenvalue weighted by Gasteiger charge is -2.34. The lowest BCUT2D eigenvalue weighted by atomic mass is 10.1. The molecule has 1 aliphatic rings. The van der Waals surface area contributed by atoms with E-state index in [0.29, 0.717) is 19.8 Å². The van der Waals surface area contributed by atoms with Crippen LogP contribution in [0.25, 0.3) is 0 Å². The number of amides is 2. The molecule has 8 heteroatoms. The first-order valence-corrected chi connectivity index (χ1v) is 9.27. The Bertz CT molecular complexity index is 748. The molecule has 2 N–H and O–H groups in total. The van der Waals surface area contributed by atoms with Gasteiger partial charge in [0.2, 0.25) is 0 Å². The van der Waals surface area contributed by atoms with Crippen molar-refractivity contribution < 1.29 is 18.7 Å². The SMILES string of the molecule is O=C(NC[C@H](c1ccsc1)N1CCOCC1)C(=O)Nc1ccccc1F. The van der Waals surface area contributed by atoms with Gasteiger partial charge in [-0.25, -0.2) is 4.39 Å². The van der Waals surface area contributed by atoms with E-state index >= 15 is 0 Å². The third-order valence-electron chi connectivity index (χ3n) is 4.20. The maximum atomic E-state index is 13.6. The van der Waals surface area contributed by atoms with Gasteiger partial charge >= 0.3 is 11.8 Å². The molecule has 1 aromatic heterocycles. The van der Waals surface area contributed by atoms with Crippen molar-refractivity contribution in [1.29, 1.82) is 0 Å². The van der Waals surface area contributed by atoms with Gasteiger partial charge in [0.25, 0.3) is 0 Å². The number of ether oxygens (including phenoxy) is 1. The fourth-order valence-corrected chi connectivity index (χ4v) is 3.53. The number of thiophene rings is 1. The lowest BCUT2D eigenvalue weighted by Crippen LogP contribution is -2.45. The van der Waals surface area contributed by atoms with Crippen LogP contribution in [0.4, 0.5) is 10.1 Å². The third-order valence-corrected chi connectivity index (χ3v) is 4.90. The van der Waals surface area contributed by atoms with Gasteiger partial charge in [-0.2, -0.15) is 11.3 Å². The molecular formula is C18H20FN3O3S. The highest BCUT2D eigenvalue weighted by molar-refractivity contribution is 7.08. The standard InChI is InChI=1S/C18H20FN3O3S/c19-14-3-1-2-4-15(14)21-18(24)17(23)20-11-16(13-5-10-26-12-13)22-6-8-25-9-7-22/h1-5,10,12,16H,6-9,11H2,(H,20,23)(H,21,24)/t16-/m1/s1. The van der Waals surface area contributed by atoms with Crippen molar-refractivity contribution in [3.05, 3.63) is 52.5 Å². The van der Waals surface area contributed by atoms with Gasteiger partial charge in [-0.1, -0.05) is 12.1 Å². The quantitative estimate of drug-likeness (QED) is 0.782. The van der Waals surface area contributed by atoms with E-state index in [1.54, 1.807) is 17.4 Å². The number of halogens is 1. The van der Waals surface area contributed by atoms with E-state index in [0.717, 1.165) is 18.7 Å². The second-order valence-electron chi connectivity index (χ2n) is 5.86. The summed E-state index contributed by atoms with van der Waals surface area (Å²) in [6.45, 7) is 3.10. The number of carbonyl (C=O) groups excluding carboxylic acids is 2. The molecule has 138 valence electrons. The number of para-hydroxylation sites is 1. The molecule has 2 aromatic rings. The topological polar surface area (TPSA) is 70.7 Å². The number of benzene rings is 1. The number of carbonyl (C=O) groups is 2. The van der Waals surface area contributed by atoms with E-state index < -0.39 is 17.6 Å². The minimum absolute atomic E-state index is 0.0183. The highest BCUT2D eigenvalue weighted by atomic mass is 32.1. The summed E-state index contributed by atoms with van der Waals surface area (Å²) < 4.78 is 19.0. The molecule has 0 aliphatic carbocycles. The van der Waals surface area contributed by atoms with Gasteiger partial charge in [0.1, 0.15) is 5.82 Å². The molecule has 0 saturated carbocycles. The Morgan fingerprint density at radius 2 is 1.96 bits per heavy atom. The second-order valence-corrected chi connectivity index (χ2v) is 6.64. The third kappa shape index (κ3) is 4.66. The maximum Gasteiger partial charge on any atom is 0.313 e. The predicted octanol–water partition coefficient (Wildman–Crippen LogP) is 2.02. The van der Waals surface area contributed by atoms with Crippen molar-refractivity contribution in [3.63, 3.8) is 0 Å². The molecule has 0 spiro atoms. The highest BCUT2D eigenvalue weighted by Gasteiger charge is 2.25. The van der Waals surface area contributed by atoms with Gasteiger partial charge in [0.15, 0.2) is 0 Å². The fraction of sp³-hybridized carbons (Fsp3) is 0.333. The summed E-state index contributed by atoms with van der Waals surface area (Å²) in [4.78, 5) is 26.4. The van der Waals surface area contributed by atoms with Crippen LogP contribution in [0, 0.1) is 5.82 Å². The van der Waals surface area contributed by atoms with E-state index in [1.165, 1.54) is 18.2 Å². The molecule has 2 amide bonds. The molecule has 1 aliphatic heterocycles. The normalized spacial score (nSPS) is 16.0. The summed E-state index contributed by atoms with van der Waals surface area (Å²) >= 11 is 1.58. The van der Waals surface area contributed by atoms with Crippen LogP contribution in [0.3, 0.4) is 0 Å². The maximum absolute atomic E-state index is 13.6. The molecule has 3 rings (SSSR count). The summed E-state index contributed by atoms with van der Waals surface area (Å²) in [6, 6.07) is 7.70. The first-order chi connectivity index (χ1) is 12.6. The molecular weight excluding hydrogens is 357 g/mol. The van der Waals surface area contributed by atoms with Crippen molar-refractivity contribution in [2.45, 2.75) is 6.04 Å². The van der Waals surface area contributed by atoms with Gasteiger partial charge in [0.05, 0.1) is 24.9 Å². The van der Waals surface area contributed by atoms with Gasteiger partial charge in [-0.05, 0) is 34.5 Å². The summed E-state index contributed by atoms with van der Waals surface area (Å²) in [5.41, 5.74) is 1.07. The number of hydrogen-bond acceptors (Lipinski definition) is 5. The van der Waals surface area contributed by atoms with Crippen molar-refractivity contribution in [2.75, 3.05) is 38.2 Å². The van der Waals surface area contributed by atoms with Crippen LogP contribution in [0.1, 0.15) is 11.6 Å². The molecule has 1 fully saturated rings. The number of nitrogens with one attached hydrogen (secondary N) is 2. The zero-order chi connectivity index (χ0) is 18.4. The highest BCUT2D eigenvalue weighted by Crippen LogP contribution is 2.23. The predicted molar refractivity (Wildman–Crippen MR) is 97.5 cm³/mol. The number of hydrogen-bond donors (Lipinski definition) is 2. The van der Waals surface area contributed by atoms with Crippen LogP contribution in [0.2, 0.25) is 0 Å². The van der Waals surface area contributed by atoms with Crippen molar-refractivity contribution in [1.82, 2.24) is 10.2 Å². The molecule has 2 heterocycles. The van der Waals surface area contributed by atoms with E-state index in [1.807, 2.05) is 16.8 Å². The van der Waals surface area contributed by atoms with E-state index in [4.69, 9.17) is 4.74 Å². The fourth-order valence-electron chi connectivity index (χ4n) is 2.82. The van der Waals surface area contributed by atoms with Crippen LogP contribution < -0.4 is 10.6 Å². The Morgan fingerprint density at radius 1 is 1.19 bits per heavy atom. The van der Waals surface area contributed by atoms with E-state index in [-0.39, 0.29) is 11.7 Å². The van der Waals surface area contributed by atoms with Gasteiger partial charge in [0, 0.05) is 19.6 Å². The number of anilines is 1. The van der Waals surface area contributed by atoms with Crippen molar-refractivity contribution in [3.8, 4) is 0 Å². The van der Waals surface area contributed by atoms with Crippen LogP contribution in [-0.4, -0.2) is 49.6 Å². The zero-order valence-corrected chi connectivity index (χ0v) is 14.9. The smallest absolute Gasteiger partial charge is 0.313 e. The molecule has 1 aromatic carbocycles. The molecule has 6 nitrogen and oxygen atoms in total. The van der Waals surface area contributed by atoms with Gasteiger partial charge in [-0.15, -0.1) is 0 Å². The molecule has 0 bridgehead atoms. The van der Waals surface area contributed by atoms with Crippen LogP contribution >= 0.6 is 11.3 Å². The largest absolute Gasteiger partial charge is 0.379 e. The number of morpholine rings is 1. The Kier molecular flexibility index (Phi) is 6.32. The average molecular weight is 377 g/mol. The average Bonchev–Trinajstić information content (AvgIpc) is 3.19. The van der Waals surface area contributed by atoms with E-state index in [2.05, 4.69) is 15.5 Å². The zero-order valence-electron chi connectivity index (χ0n) is 14.1. The van der Waals surface area contributed by atoms with Crippen LogP contribution in [0.15, 0.2) is 41.1 Å². The van der Waals surface area contributed by atoms with Gasteiger partial charge < -0.3 is 15.4 Å². The summed E-state index contributed by atoms with van der Waals surface area (Å²) in [5.74, 6) is -2.26. The number of rotatable bonds is 5.